The van der Waals surface area contributed by atoms with Gasteiger partial charge in [-0.3, -0.25) is 0 Å². The Morgan fingerprint density at radius 1 is 1.03 bits per heavy atom. The summed E-state index contributed by atoms with van der Waals surface area (Å²) < 4.78 is 13.6. The fraction of sp³-hybridized carbons (Fsp3) is 0.517. The predicted octanol–water partition coefficient (Wildman–Crippen LogP) is 6.43. The maximum absolute atomic E-state index is 6.86. The van der Waals surface area contributed by atoms with Gasteiger partial charge in [-0.25, -0.2) is 0 Å². The highest BCUT2D eigenvalue weighted by Gasteiger charge is 2.68. The van der Waals surface area contributed by atoms with Crippen LogP contribution in [0.4, 0.5) is 0 Å². The van der Waals surface area contributed by atoms with Crippen LogP contribution in [0.25, 0.3) is 0 Å². The second-order valence-corrected chi connectivity index (χ2v) is 16.8. The quantitative estimate of drug-likeness (QED) is 0.445. The van der Waals surface area contributed by atoms with Crippen LogP contribution in [0.3, 0.4) is 0 Å². The molecule has 1 saturated heterocycles. The Balaban J connectivity index is 1.41. The highest BCUT2D eigenvalue weighted by atomic mass is 28.3. The fourth-order valence-corrected chi connectivity index (χ4v) is 10.6. The Hall–Kier alpha value is -1.62. The molecule has 1 unspecified atom stereocenters. The van der Waals surface area contributed by atoms with Crippen LogP contribution >= 0.6 is 0 Å². The van der Waals surface area contributed by atoms with Gasteiger partial charge < -0.3 is 9.31 Å². The van der Waals surface area contributed by atoms with Crippen LogP contribution in [-0.4, -0.2) is 26.9 Å². The van der Waals surface area contributed by atoms with Gasteiger partial charge in [-0.2, -0.15) is 0 Å². The summed E-state index contributed by atoms with van der Waals surface area (Å²) >= 11 is 0. The SMILES string of the molecule is C=C(B1O[C@H]2C[C@H]3C[C@H](C3(C)C)[C@@]2(C)O1)C(CCc1ccccc1)[Si](C)(C)c1ccccc1. The molecule has 3 aliphatic carbocycles. The minimum atomic E-state index is -1.86. The number of hydrogen-bond acceptors (Lipinski definition) is 2. The van der Waals surface area contributed by atoms with Crippen LogP contribution < -0.4 is 5.19 Å². The summed E-state index contributed by atoms with van der Waals surface area (Å²) in [5, 5.41) is 1.48. The topological polar surface area (TPSA) is 18.5 Å². The van der Waals surface area contributed by atoms with Crippen LogP contribution in [0, 0.1) is 17.3 Å². The van der Waals surface area contributed by atoms with E-state index in [1.165, 1.54) is 17.2 Å². The first-order valence-corrected chi connectivity index (χ1v) is 15.8. The molecule has 2 nitrogen and oxygen atoms in total. The number of benzene rings is 2. The third-order valence-electron chi connectivity index (χ3n) is 9.65. The van der Waals surface area contributed by atoms with Crippen molar-refractivity contribution in [3.8, 4) is 0 Å². The van der Waals surface area contributed by atoms with E-state index in [4.69, 9.17) is 9.31 Å². The summed E-state index contributed by atoms with van der Waals surface area (Å²) in [4.78, 5) is 0. The molecular formula is C29H39BO2Si. The normalized spacial score (nSPS) is 30.9. The summed E-state index contributed by atoms with van der Waals surface area (Å²) in [5.74, 6) is 1.34. The lowest BCUT2D eigenvalue weighted by Gasteiger charge is -2.64. The van der Waals surface area contributed by atoms with Gasteiger partial charge in [-0.1, -0.05) is 92.8 Å². The molecule has 4 heteroatoms. The second kappa shape index (κ2) is 8.25. The molecule has 2 aromatic carbocycles. The van der Waals surface area contributed by atoms with E-state index in [-0.39, 0.29) is 18.8 Å². The van der Waals surface area contributed by atoms with Gasteiger partial charge in [0.05, 0.1) is 19.8 Å². The van der Waals surface area contributed by atoms with Crippen LogP contribution in [0.15, 0.2) is 72.7 Å². The van der Waals surface area contributed by atoms with Crippen LogP contribution in [0.2, 0.25) is 18.6 Å². The Kier molecular flexibility index (Phi) is 5.79. The van der Waals surface area contributed by atoms with Gasteiger partial charge in [-0.15, -0.1) is 6.58 Å². The summed E-state index contributed by atoms with van der Waals surface area (Å²) in [6, 6.07) is 21.9. The van der Waals surface area contributed by atoms with Gasteiger partial charge in [0.2, 0.25) is 0 Å². The van der Waals surface area contributed by atoms with E-state index in [1.807, 2.05) is 0 Å². The van der Waals surface area contributed by atoms with Gasteiger partial charge >= 0.3 is 7.12 Å². The molecule has 0 N–H and O–H groups in total. The van der Waals surface area contributed by atoms with Gasteiger partial charge in [-0.05, 0) is 66.4 Å². The second-order valence-electron chi connectivity index (χ2n) is 12.0. The number of rotatable bonds is 7. The largest absolute Gasteiger partial charge is 0.489 e. The molecular weight excluding hydrogens is 419 g/mol. The molecule has 33 heavy (non-hydrogen) atoms. The average Bonchev–Trinajstić information content (AvgIpc) is 3.17. The van der Waals surface area contributed by atoms with Gasteiger partial charge in [0.25, 0.3) is 0 Å². The standard InChI is InChI=1S/C29H39BO2Si/c1-21(30-31-27-20-23-19-26(28(23,2)3)29(27,4)32-30)25(18-17-22-13-9-7-10-14-22)33(5,6)24-15-11-8-12-16-24/h7-16,23,25-27H,1,17-20H2,2-6H3/t23-,25?,26-,27+,29-/m1/s1. The number of allylic oxidation sites excluding steroid dienone is 1. The smallest absolute Gasteiger partial charge is 0.402 e. The van der Waals surface area contributed by atoms with Crippen molar-refractivity contribution >= 4 is 20.4 Å². The van der Waals surface area contributed by atoms with E-state index in [9.17, 15) is 0 Å². The molecule has 6 rings (SSSR count). The van der Waals surface area contributed by atoms with Crippen molar-refractivity contribution in [2.45, 2.75) is 76.8 Å². The maximum Gasteiger partial charge on any atom is 0.489 e. The van der Waals surface area contributed by atoms with E-state index < -0.39 is 8.07 Å². The van der Waals surface area contributed by atoms with Crippen molar-refractivity contribution in [1.29, 1.82) is 0 Å². The van der Waals surface area contributed by atoms with Crippen molar-refractivity contribution in [1.82, 2.24) is 0 Å². The molecule has 3 saturated carbocycles. The molecule has 4 aliphatic rings. The summed E-state index contributed by atoms with van der Waals surface area (Å²) in [6.45, 7) is 16.8. The lowest BCUT2D eigenvalue weighted by Crippen LogP contribution is -2.65. The first kappa shape index (κ1) is 23.1. The highest BCUT2D eigenvalue weighted by Crippen LogP contribution is 2.66. The van der Waals surface area contributed by atoms with Crippen LogP contribution in [0.5, 0.6) is 0 Å². The van der Waals surface area contributed by atoms with Crippen molar-refractivity contribution in [2.75, 3.05) is 0 Å². The van der Waals surface area contributed by atoms with E-state index in [0.717, 1.165) is 30.7 Å². The van der Waals surface area contributed by atoms with E-state index in [0.29, 0.717) is 16.9 Å². The Labute approximate surface area is 201 Å². The zero-order valence-electron chi connectivity index (χ0n) is 21.0. The lowest BCUT2D eigenvalue weighted by atomic mass is 9.43. The summed E-state index contributed by atoms with van der Waals surface area (Å²) in [5.41, 5.74) is 3.11. The molecule has 1 aliphatic heterocycles. The van der Waals surface area contributed by atoms with Gasteiger partial charge in [0.1, 0.15) is 0 Å². The van der Waals surface area contributed by atoms with Crippen molar-refractivity contribution in [3.05, 3.63) is 78.3 Å². The summed E-state index contributed by atoms with van der Waals surface area (Å²) in [6.07, 6.45) is 4.74. The highest BCUT2D eigenvalue weighted by molar-refractivity contribution is 6.92. The van der Waals surface area contributed by atoms with Crippen molar-refractivity contribution in [3.63, 3.8) is 0 Å². The van der Waals surface area contributed by atoms with Crippen molar-refractivity contribution < 1.29 is 9.31 Å². The lowest BCUT2D eigenvalue weighted by molar-refractivity contribution is -0.199. The predicted molar refractivity (Wildman–Crippen MR) is 141 cm³/mol. The Morgan fingerprint density at radius 2 is 1.67 bits per heavy atom. The van der Waals surface area contributed by atoms with Gasteiger partial charge in [0.15, 0.2) is 0 Å². The number of aryl methyl sites for hydroxylation is 1. The zero-order chi connectivity index (χ0) is 23.4. The Bertz CT molecular complexity index is 1000. The molecule has 174 valence electrons. The molecule has 2 bridgehead atoms. The van der Waals surface area contributed by atoms with Gasteiger partial charge in [0, 0.05) is 0 Å². The van der Waals surface area contributed by atoms with Crippen molar-refractivity contribution in [2.24, 2.45) is 17.3 Å². The monoisotopic (exact) mass is 458 g/mol. The first-order chi connectivity index (χ1) is 15.6. The first-order valence-electron chi connectivity index (χ1n) is 12.8. The zero-order valence-corrected chi connectivity index (χ0v) is 22.0. The van der Waals surface area contributed by atoms with Crippen LogP contribution in [-0.2, 0) is 15.7 Å². The molecule has 4 fully saturated rings. The average molecular weight is 459 g/mol. The van der Waals surface area contributed by atoms with Crippen LogP contribution in [0.1, 0.15) is 45.6 Å². The molecule has 0 spiro atoms. The minimum Gasteiger partial charge on any atom is -0.402 e. The van der Waals surface area contributed by atoms with E-state index in [1.54, 1.807) is 0 Å². The third-order valence-corrected chi connectivity index (χ3v) is 13.9. The summed E-state index contributed by atoms with van der Waals surface area (Å²) in [7, 11) is -2.15. The van der Waals surface area contributed by atoms with E-state index >= 15 is 0 Å². The molecule has 5 atom stereocenters. The molecule has 0 radical (unpaired) electrons. The Morgan fingerprint density at radius 3 is 2.30 bits per heavy atom. The third kappa shape index (κ3) is 3.79. The minimum absolute atomic E-state index is 0.186. The molecule has 0 amide bonds. The number of hydrogen-bond donors (Lipinski definition) is 0. The van der Waals surface area contributed by atoms with E-state index in [2.05, 4.69) is 101 Å². The molecule has 0 aromatic heterocycles. The maximum atomic E-state index is 6.86. The fourth-order valence-electron chi connectivity index (χ4n) is 7.22. The molecule has 2 aromatic rings. The molecule has 1 heterocycles.